The zero-order valence-electron chi connectivity index (χ0n) is 8.36. The predicted molar refractivity (Wildman–Crippen MR) is 49.6 cm³/mol. The third kappa shape index (κ3) is 4.39. The van der Waals surface area contributed by atoms with Crippen molar-refractivity contribution in [2.75, 3.05) is 19.8 Å². The van der Waals surface area contributed by atoms with Gasteiger partial charge in [-0.25, -0.2) is 0 Å². The van der Waals surface area contributed by atoms with Crippen molar-refractivity contribution in [2.45, 2.75) is 26.4 Å². The first-order valence-corrected chi connectivity index (χ1v) is 4.88. The lowest BCUT2D eigenvalue weighted by Gasteiger charge is -2.13. The van der Waals surface area contributed by atoms with E-state index < -0.39 is 0 Å². The van der Waals surface area contributed by atoms with Crippen LogP contribution in [0, 0.1) is 11.8 Å². The van der Waals surface area contributed by atoms with Crippen molar-refractivity contribution in [3.63, 3.8) is 0 Å². The Kier molecular flexibility index (Phi) is 4.39. The highest BCUT2D eigenvalue weighted by atomic mass is 16.6. The van der Waals surface area contributed by atoms with Crippen molar-refractivity contribution >= 4 is 6.29 Å². The molecular formula is C10H18O3. The van der Waals surface area contributed by atoms with E-state index in [4.69, 9.17) is 9.47 Å². The molecule has 0 amide bonds. The smallest absolute Gasteiger partial charge is 0.123 e. The first-order valence-electron chi connectivity index (χ1n) is 4.88. The minimum atomic E-state index is 0.139. The van der Waals surface area contributed by atoms with Crippen LogP contribution in [-0.2, 0) is 14.3 Å². The second-order valence-corrected chi connectivity index (χ2v) is 3.86. The van der Waals surface area contributed by atoms with Gasteiger partial charge in [0.15, 0.2) is 0 Å². The van der Waals surface area contributed by atoms with Crippen LogP contribution in [0.4, 0.5) is 0 Å². The molecule has 1 rings (SSSR count). The van der Waals surface area contributed by atoms with E-state index in [-0.39, 0.29) is 5.92 Å². The van der Waals surface area contributed by atoms with Crippen molar-refractivity contribution < 1.29 is 14.3 Å². The molecule has 0 bridgehead atoms. The summed E-state index contributed by atoms with van der Waals surface area (Å²) in [5, 5.41) is 0. The van der Waals surface area contributed by atoms with E-state index in [0.29, 0.717) is 25.2 Å². The maximum absolute atomic E-state index is 10.6. The number of aldehydes is 1. The maximum atomic E-state index is 10.6. The fraction of sp³-hybridized carbons (Fsp3) is 0.900. The molecule has 1 aliphatic heterocycles. The standard InChI is InChI=1S/C10H18O3/c1-8(2)9(5-11)3-4-12-6-10-7-13-10/h5,8-10H,3-4,6-7H2,1-2H3. The normalized spacial score (nSPS) is 23.2. The second-order valence-electron chi connectivity index (χ2n) is 3.86. The van der Waals surface area contributed by atoms with Gasteiger partial charge in [0, 0.05) is 12.5 Å². The van der Waals surface area contributed by atoms with Crippen LogP contribution >= 0.6 is 0 Å². The fourth-order valence-electron chi connectivity index (χ4n) is 1.16. The highest BCUT2D eigenvalue weighted by molar-refractivity contribution is 5.53. The van der Waals surface area contributed by atoms with Crippen LogP contribution in [-0.4, -0.2) is 32.2 Å². The molecule has 0 spiro atoms. The Balaban J connectivity index is 1.98. The molecule has 3 heteroatoms. The van der Waals surface area contributed by atoms with Crippen LogP contribution in [0.1, 0.15) is 20.3 Å². The summed E-state index contributed by atoms with van der Waals surface area (Å²) in [5.41, 5.74) is 0. The van der Waals surface area contributed by atoms with Crippen molar-refractivity contribution in [3.05, 3.63) is 0 Å². The van der Waals surface area contributed by atoms with Gasteiger partial charge in [0.05, 0.1) is 13.2 Å². The summed E-state index contributed by atoms with van der Waals surface area (Å²) in [4.78, 5) is 10.6. The van der Waals surface area contributed by atoms with Gasteiger partial charge < -0.3 is 14.3 Å². The first-order chi connectivity index (χ1) is 6.24. The van der Waals surface area contributed by atoms with E-state index in [1.165, 1.54) is 0 Å². The summed E-state index contributed by atoms with van der Waals surface area (Å²) < 4.78 is 10.4. The Morgan fingerprint density at radius 1 is 1.62 bits per heavy atom. The largest absolute Gasteiger partial charge is 0.379 e. The van der Waals surface area contributed by atoms with Crippen LogP contribution < -0.4 is 0 Å². The summed E-state index contributed by atoms with van der Waals surface area (Å²) in [6.07, 6.45) is 2.18. The van der Waals surface area contributed by atoms with E-state index in [0.717, 1.165) is 19.3 Å². The van der Waals surface area contributed by atoms with Crippen LogP contribution in [0.2, 0.25) is 0 Å². The molecule has 76 valence electrons. The van der Waals surface area contributed by atoms with Crippen LogP contribution in [0.25, 0.3) is 0 Å². The quantitative estimate of drug-likeness (QED) is 0.341. The van der Waals surface area contributed by atoms with E-state index >= 15 is 0 Å². The number of hydrogen-bond acceptors (Lipinski definition) is 3. The van der Waals surface area contributed by atoms with E-state index in [1.807, 2.05) is 0 Å². The minimum Gasteiger partial charge on any atom is -0.379 e. The molecule has 13 heavy (non-hydrogen) atoms. The molecule has 0 saturated carbocycles. The number of hydrogen-bond donors (Lipinski definition) is 0. The summed E-state index contributed by atoms with van der Waals surface area (Å²) in [6, 6.07) is 0. The number of epoxide rings is 1. The van der Waals surface area contributed by atoms with Gasteiger partial charge >= 0.3 is 0 Å². The van der Waals surface area contributed by atoms with Gasteiger partial charge in [-0.3, -0.25) is 0 Å². The van der Waals surface area contributed by atoms with Crippen LogP contribution in [0.15, 0.2) is 0 Å². The van der Waals surface area contributed by atoms with Crippen molar-refractivity contribution in [1.29, 1.82) is 0 Å². The molecule has 2 atom stereocenters. The second kappa shape index (κ2) is 5.35. The summed E-state index contributed by atoms with van der Waals surface area (Å²) >= 11 is 0. The lowest BCUT2D eigenvalue weighted by atomic mass is 9.95. The Morgan fingerprint density at radius 3 is 2.77 bits per heavy atom. The Bertz CT molecular complexity index is 152. The summed E-state index contributed by atoms with van der Waals surface area (Å²) in [5.74, 6) is 0.554. The lowest BCUT2D eigenvalue weighted by molar-refractivity contribution is -0.112. The summed E-state index contributed by atoms with van der Waals surface area (Å²) in [7, 11) is 0. The van der Waals surface area contributed by atoms with E-state index in [2.05, 4.69) is 13.8 Å². The molecule has 0 N–H and O–H groups in total. The van der Waals surface area contributed by atoms with Gasteiger partial charge in [-0.2, -0.15) is 0 Å². The number of ether oxygens (including phenoxy) is 2. The fourth-order valence-corrected chi connectivity index (χ4v) is 1.16. The molecule has 2 unspecified atom stereocenters. The molecule has 0 aromatic carbocycles. The monoisotopic (exact) mass is 186 g/mol. The Hall–Kier alpha value is -0.410. The SMILES string of the molecule is CC(C)C(C=O)CCOCC1CO1. The third-order valence-electron chi connectivity index (χ3n) is 2.33. The highest BCUT2D eigenvalue weighted by Gasteiger charge is 2.22. The van der Waals surface area contributed by atoms with Crippen molar-refractivity contribution in [3.8, 4) is 0 Å². The molecular weight excluding hydrogens is 168 g/mol. The number of carbonyl (C=O) groups is 1. The predicted octanol–water partition coefficient (Wildman–Crippen LogP) is 1.26. The zero-order valence-corrected chi connectivity index (χ0v) is 8.36. The van der Waals surface area contributed by atoms with Gasteiger partial charge in [0.2, 0.25) is 0 Å². The molecule has 0 aromatic heterocycles. The topological polar surface area (TPSA) is 38.8 Å². The number of rotatable bonds is 7. The average molecular weight is 186 g/mol. The third-order valence-corrected chi connectivity index (χ3v) is 2.33. The molecule has 3 nitrogen and oxygen atoms in total. The Morgan fingerprint density at radius 2 is 2.31 bits per heavy atom. The molecule has 0 aliphatic carbocycles. The van der Waals surface area contributed by atoms with Gasteiger partial charge in [0.25, 0.3) is 0 Å². The number of carbonyl (C=O) groups excluding carboxylic acids is 1. The van der Waals surface area contributed by atoms with Gasteiger partial charge in [-0.1, -0.05) is 13.8 Å². The maximum Gasteiger partial charge on any atom is 0.123 e. The minimum absolute atomic E-state index is 0.139. The van der Waals surface area contributed by atoms with Gasteiger partial charge in [0.1, 0.15) is 12.4 Å². The van der Waals surface area contributed by atoms with Crippen molar-refractivity contribution in [2.24, 2.45) is 11.8 Å². The first kappa shape index (κ1) is 10.7. The van der Waals surface area contributed by atoms with Crippen LogP contribution in [0.3, 0.4) is 0 Å². The molecule has 0 radical (unpaired) electrons. The van der Waals surface area contributed by atoms with E-state index in [9.17, 15) is 4.79 Å². The molecule has 0 aromatic rings. The zero-order chi connectivity index (χ0) is 9.68. The highest BCUT2D eigenvalue weighted by Crippen LogP contribution is 2.13. The van der Waals surface area contributed by atoms with Gasteiger partial charge in [-0.15, -0.1) is 0 Å². The summed E-state index contributed by atoms with van der Waals surface area (Å²) in [6.45, 7) is 6.30. The average Bonchev–Trinajstić information content (AvgIpc) is 2.87. The lowest BCUT2D eigenvalue weighted by Crippen LogP contribution is -2.14. The van der Waals surface area contributed by atoms with Crippen LogP contribution in [0.5, 0.6) is 0 Å². The molecule has 1 heterocycles. The van der Waals surface area contributed by atoms with Gasteiger partial charge in [-0.05, 0) is 12.3 Å². The molecule has 1 aliphatic rings. The van der Waals surface area contributed by atoms with E-state index in [1.54, 1.807) is 0 Å². The Labute approximate surface area is 79.4 Å². The van der Waals surface area contributed by atoms with Crippen molar-refractivity contribution in [1.82, 2.24) is 0 Å². The molecule has 1 saturated heterocycles. The molecule has 1 fully saturated rings.